The van der Waals surface area contributed by atoms with Gasteiger partial charge in [-0.2, -0.15) is 0 Å². The summed E-state index contributed by atoms with van der Waals surface area (Å²) in [5.74, 6) is 0.0957. The lowest BCUT2D eigenvalue weighted by molar-refractivity contribution is -0.137. The molecule has 2 aromatic rings. The van der Waals surface area contributed by atoms with Crippen LogP contribution in [0.2, 0.25) is 0 Å². The Kier molecular flexibility index (Phi) is 4.68. The molecule has 0 radical (unpaired) electrons. The number of aliphatic carboxylic acids is 1. The quantitative estimate of drug-likeness (QED) is 0.882. The predicted molar refractivity (Wildman–Crippen MR) is 77.5 cm³/mol. The van der Waals surface area contributed by atoms with Crippen LogP contribution in [0.3, 0.4) is 0 Å². The van der Waals surface area contributed by atoms with Gasteiger partial charge >= 0.3 is 5.97 Å². The smallest absolute Gasteiger partial charge is 0.303 e. The Morgan fingerprint density at radius 1 is 1.11 bits per heavy atom. The second kappa shape index (κ2) is 6.48. The molecule has 3 nitrogen and oxygen atoms in total. The Morgan fingerprint density at radius 3 is 2.63 bits per heavy atom. The van der Waals surface area contributed by atoms with Gasteiger partial charge in [-0.25, -0.2) is 0 Å². The summed E-state index contributed by atoms with van der Waals surface area (Å²) < 4.78 is 12.0. The lowest BCUT2D eigenvalue weighted by Crippen LogP contribution is -2.04. The maximum atomic E-state index is 12.0. The highest BCUT2D eigenvalue weighted by molar-refractivity contribution is 7.84. The van der Waals surface area contributed by atoms with E-state index in [-0.39, 0.29) is 6.42 Å². The van der Waals surface area contributed by atoms with Gasteiger partial charge in [-0.15, -0.1) is 0 Å². The molecule has 2 aromatic carbocycles. The number of hydrogen-bond acceptors (Lipinski definition) is 2. The third-order valence-corrected chi connectivity index (χ3v) is 4.34. The molecule has 0 heterocycles. The zero-order valence-electron chi connectivity index (χ0n) is 10.5. The zero-order chi connectivity index (χ0) is 13.7. The van der Waals surface area contributed by atoms with Crippen LogP contribution < -0.4 is 0 Å². The number of carbonyl (C=O) groups is 1. The molecule has 19 heavy (non-hydrogen) atoms. The fourth-order valence-electron chi connectivity index (χ4n) is 2.05. The van der Waals surface area contributed by atoms with Crippen LogP contribution in [-0.4, -0.2) is 21.0 Å². The number of carboxylic acid groups (broad SMARTS) is 1. The Morgan fingerprint density at radius 2 is 1.84 bits per heavy atom. The lowest BCUT2D eigenvalue weighted by Gasteiger charge is -2.06. The standard InChI is InChI=1S/C15H16O3S/c16-15(17)9-4-10-19(18)11-13-7-3-6-12-5-1-2-8-14(12)13/h1-3,5-8H,4,9-11H2,(H,16,17). The second-order valence-electron chi connectivity index (χ2n) is 4.42. The van der Waals surface area contributed by atoms with E-state index in [1.165, 1.54) is 0 Å². The first-order valence-electron chi connectivity index (χ1n) is 6.20. The third-order valence-electron chi connectivity index (χ3n) is 2.96. The van der Waals surface area contributed by atoms with Crippen LogP contribution in [0.1, 0.15) is 18.4 Å². The van der Waals surface area contributed by atoms with Crippen molar-refractivity contribution in [3.8, 4) is 0 Å². The molecule has 0 saturated heterocycles. The highest BCUT2D eigenvalue weighted by Gasteiger charge is 2.06. The molecule has 1 N–H and O–H groups in total. The van der Waals surface area contributed by atoms with E-state index >= 15 is 0 Å². The van der Waals surface area contributed by atoms with Crippen LogP contribution in [0, 0.1) is 0 Å². The molecule has 0 bridgehead atoms. The highest BCUT2D eigenvalue weighted by atomic mass is 32.2. The number of fused-ring (bicyclic) bond motifs is 1. The SMILES string of the molecule is O=C(O)CCCS(=O)Cc1cccc2ccccc12. The minimum Gasteiger partial charge on any atom is -0.481 e. The topological polar surface area (TPSA) is 54.4 Å². The van der Waals surface area contributed by atoms with Gasteiger partial charge in [-0.1, -0.05) is 42.5 Å². The van der Waals surface area contributed by atoms with Crippen molar-refractivity contribution in [1.82, 2.24) is 0 Å². The molecule has 1 unspecified atom stereocenters. The maximum Gasteiger partial charge on any atom is 0.303 e. The van der Waals surface area contributed by atoms with Crippen LogP contribution in [0.15, 0.2) is 42.5 Å². The van der Waals surface area contributed by atoms with Gasteiger partial charge in [0.05, 0.1) is 0 Å². The first kappa shape index (κ1) is 13.7. The van der Waals surface area contributed by atoms with Gasteiger partial charge in [0, 0.05) is 28.7 Å². The van der Waals surface area contributed by atoms with Crippen molar-refractivity contribution >= 4 is 27.5 Å². The van der Waals surface area contributed by atoms with Gasteiger partial charge in [0.25, 0.3) is 0 Å². The molecule has 100 valence electrons. The van der Waals surface area contributed by atoms with Gasteiger partial charge in [-0.3, -0.25) is 9.00 Å². The Hall–Kier alpha value is -1.68. The first-order valence-corrected chi connectivity index (χ1v) is 7.69. The molecule has 0 aliphatic heterocycles. The second-order valence-corrected chi connectivity index (χ2v) is 6.00. The van der Waals surface area contributed by atoms with Gasteiger partial charge in [0.15, 0.2) is 0 Å². The molecule has 0 aromatic heterocycles. The van der Waals surface area contributed by atoms with E-state index in [0.717, 1.165) is 16.3 Å². The van der Waals surface area contributed by atoms with Gasteiger partial charge in [0.1, 0.15) is 0 Å². The number of hydrogen-bond donors (Lipinski definition) is 1. The van der Waals surface area contributed by atoms with E-state index in [0.29, 0.717) is 17.9 Å². The van der Waals surface area contributed by atoms with Crippen molar-refractivity contribution in [2.75, 3.05) is 5.75 Å². The summed E-state index contributed by atoms with van der Waals surface area (Å²) in [5.41, 5.74) is 1.06. The van der Waals surface area contributed by atoms with Gasteiger partial charge < -0.3 is 5.11 Å². The van der Waals surface area contributed by atoms with Crippen molar-refractivity contribution in [2.24, 2.45) is 0 Å². The Bertz CT molecular complexity index is 602. The zero-order valence-corrected chi connectivity index (χ0v) is 11.4. The molecule has 0 spiro atoms. The summed E-state index contributed by atoms with van der Waals surface area (Å²) in [6, 6.07) is 14.0. The summed E-state index contributed by atoms with van der Waals surface area (Å²) in [5, 5.41) is 10.8. The molecule has 0 amide bonds. The molecule has 1 atom stereocenters. The molecule has 0 aliphatic rings. The van der Waals surface area contributed by atoms with Gasteiger partial charge in [0.2, 0.25) is 0 Å². The van der Waals surface area contributed by atoms with Crippen molar-refractivity contribution in [3.63, 3.8) is 0 Å². The fraction of sp³-hybridized carbons (Fsp3) is 0.267. The number of benzene rings is 2. The average Bonchev–Trinajstić information content (AvgIpc) is 2.39. The van der Waals surface area contributed by atoms with Gasteiger partial charge in [-0.05, 0) is 22.8 Å². The summed E-state index contributed by atoms with van der Waals surface area (Å²) >= 11 is 0. The normalized spacial score (nSPS) is 12.4. The van der Waals surface area contributed by atoms with E-state index in [2.05, 4.69) is 0 Å². The van der Waals surface area contributed by atoms with Crippen LogP contribution in [0.4, 0.5) is 0 Å². The van der Waals surface area contributed by atoms with Crippen molar-refractivity contribution in [2.45, 2.75) is 18.6 Å². The average molecular weight is 276 g/mol. The van der Waals surface area contributed by atoms with Crippen LogP contribution in [0.5, 0.6) is 0 Å². The van der Waals surface area contributed by atoms with Crippen LogP contribution in [-0.2, 0) is 21.3 Å². The molecule has 2 rings (SSSR count). The van der Waals surface area contributed by atoms with E-state index in [1.807, 2.05) is 42.5 Å². The molecule has 0 saturated carbocycles. The summed E-state index contributed by atoms with van der Waals surface area (Å²) in [6.45, 7) is 0. The third kappa shape index (κ3) is 3.89. The molecule has 4 heteroatoms. The van der Waals surface area contributed by atoms with Crippen molar-refractivity contribution in [3.05, 3.63) is 48.0 Å². The number of rotatable bonds is 6. The van der Waals surface area contributed by atoms with Crippen molar-refractivity contribution < 1.29 is 14.1 Å². The molecular weight excluding hydrogens is 260 g/mol. The monoisotopic (exact) mass is 276 g/mol. The van der Waals surface area contributed by atoms with E-state index in [9.17, 15) is 9.00 Å². The molecule has 0 aliphatic carbocycles. The lowest BCUT2D eigenvalue weighted by atomic mass is 10.1. The largest absolute Gasteiger partial charge is 0.481 e. The summed E-state index contributed by atoms with van der Waals surface area (Å²) in [6.07, 6.45) is 0.550. The van der Waals surface area contributed by atoms with Crippen LogP contribution in [0.25, 0.3) is 10.8 Å². The van der Waals surface area contributed by atoms with E-state index in [4.69, 9.17) is 5.11 Å². The predicted octanol–water partition coefficient (Wildman–Crippen LogP) is 2.95. The van der Waals surface area contributed by atoms with E-state index in [1.54, 1.807) is 0 Å². The minimum atomic E-state index is -1.01. The van der Waals surface area contributed by atoms with Crippen LogP contribution >= 0.6 is 0 Å². The first-order chi connectivity index (χ1) is 9.16. The maximum absolute atomic E-state index is 12.0. The molecule has 0 fully saturated rings. The summed E-state index contributed by atoms with van der Waals surface area (Å²) in [7, 11) is -1.01. The fourth-order valence-corrected chi connectivity index (χ4v) is 3.26. The Balaban J connectivity index is 2.05. The van der Waals surface area contributed by atoms with E-state index < -0.39 is 16.8 Å². The number of carboxylic acids is 1. The summed E-state index contributed by atoms with van der Waals surface area (Å²) in [4.78, 5) is 10.4. The minimum absolute atomic E-state index is 0.0846. The Labute approximate surface area is 114 Å². The van der Waals surface area contributed by atoms with Crippen molar-refractivity contribution in [1.29, 1.82) is 0 Å². The molecular formula is C15H16O3S. The highest BCUT2D eigenvalue weighted by Crippen LogP contribution is 2.19.